The largest absolute Gasteiger partial charge is 0.475 e. The Morgan fingerprint density at radius 1 is 1.20 bits per heavy atom. The third kappa shape index (κ3) is 4.03. The number of nitrogens with zero attached hydrogens (tertiary/aromatic N) is 1. The number of rotatable bonds is 6. The van der Waals surface area contributed by atoms with E-state index in [2.05, 4.69) is 11.9 Å². The van der Waals surface area contributed by atoms with Gasteiger partial charge in [-0.05, 0) is 12.5 Å². The van der Waals surface area contributed by atoms with Crippen LogP contribution >= 0.6 is 0 Å². The molecule has 0 aliphatic rings. The summed E-state index contributed by atoms with van der Waals surface area (Å²) in [5.41, 5.74) is 11.5. The minimum Gasteiger partial charge on any atom is -0.475 e. The normalized spacial score (nSPS) is 10.2. The van der Waals surface area contributed by atoms with Gasteiger partial charge in [0.2, 0.25) is 5.88 Å². The molecule has 0 spiro atoms. The Kier molecular flexibility index (Phi) is 4.70. The molecule has 4 N–H and O–H groups in total. The number of aromatic nitrogens is 1. The zero-order valence-corrected chi connectivity index (χ0v) is 8.90. The van der Waals surface area contributed by atoms with Gasteiger partial charge in [-0.15, -0.1) is 0 Å². The van der Waals surface area contributed by atoms with E-state index in [4.69, 9.17) is 20.9 Å². The molecular weight excluding hydrogens is 194 g/mol. The fourth-order valence-electron chi connectivity index (χ4n) is 0.999. The van der Waals surface area contributed by atoms with E-state index in [1.807, 2.05) is 0 Å². The van der Waals surface area contributed by atoms with E-state index in [0.29, 0.717) is 30.6 Å². The summed E-state index contributed by atoms with van der Waals surface area (Å²) in [4.78, 5) is 3.97. The molecule has 0 aromatic carbocycles. The third-order valence-corrected chi connectivity index (χ3v) is 1.76. The van der Waals surface area contributed by atoms with Crippen molar-refractivity contribution >= 4 is 11.5 Å². The zero-order chi connectivity index (χ0) is 11.1. The van der Waals surface area contributed by atoms with E-state index in [1.165, 1.54) is 0 Å². The number of nitrogens with two attached hydrogens (primary N) is 2. The van der Waals surface area contributed by atoms with Gasteiger partial charge in [0.25, 0.3) is 0 Å². The Hall–Kier alpha value is -1.49. The van der Waals surface area contributed by atoms with Crippen LogP contribution in [0.5, 0.6) is 5.88 Å². The number of ether oxygens (including phenoxy) is 2. The summed E-state index contributed by atoms with van der Waals surface area (Å²) in [6.07, 6.45) is 1.01. The summed E-state index contributed by atoms with van der Waals surface area (Å²) in [5.74, 6) is 0.767. The second-order valence-corrected chi connectivity index (χ2v) is 3.08. The quantitative estimate of drug-likeness (QED) is 0.687. The van der Waals surface area contributed by atoms with Gasteiger partial charge >= 0.3 is 0 Å². The van der Waals surface area contributed by atoms with Crippen LogP contribution in [0.3, 0.4) is 0 Å². The van der Waals surface area contributed by atoms with Crippen molar-refractivity contribution in [3.63, 3.8) is 0 Å². The first-order valence-corrected chi connectivity index (χ1v) is 4.96. The van der Waals surface area contributed by atoms with Crippen LogP contribution in [0, 0.1) is 0 Å². The fraction of sp³-hybridized carbons (Fsp3) is 0.500. The molecule has 5 heteroatoms. The zero-order valence-electron chi connectivity index (χ0n) is 8.90. The maximum atomic E-state index is 5.53. The van der Waals surface area contributed by atoms with Crippen LogP contribution in [0.15, 0.2) is 12.1 Å². The van der Waals surface area contributed by atoms with Crippen molar-refractivity contribution in [2.45, 2.75) is 13.3 Å². The minimum atomic E-state index is 0.293. The Bertz CT molecular complexity index is 305. The number of nitrogen functional groups attached to an aromatic ring is 2. The Morgan fingerprint density at radius 3 is 2.67 bits per heavy atom. The smallest absolute Gasteiger partial charge is 0.215 e. The molecule has 1 heterocycles. The number of hydrogen-bond acceptors (Lipinski definition) is 5. The van der Waals surface area contributed by atoms with Gasteiger partial charge in [0, 0.05) is 12.7 Å². The Morgan fingerprint density at radius 2 is 2.00 bits per heavy atom. The molecule has 1 aromatic rings. The first-order valence-electron chi connectivity index (χ1n) is 4.96. The second kappa shape index (κ2) is 6.08. The maximum absolute atomic E-state index is 5.53. The number of hydrogen-bond donors (Lipinski definition) is 2. The van der Waals surface area contributed by atoms with Crippen molar-refractivity contribution < 1.29 is 9.47 Å². The highest BCUT2D eigenvalue weighted by atomic mass is 16.5. The van der Waals surface area contributed by atoms with Crippen molar-refractivity contribution in [3.8, 4) is 5.88 Å². The second-order valence-electron chi connectivity index (χ2n) is 3.08. The highest BCUT2D eigenvalue weighted by Crippen LogP contribution is 2.15. The topological polar surface area (TPSA) is 83.4 Å². The summed E-state index contributed by atoms with van der Waals surface area (Å²) in [6.45, 7) is 3.83. The maximum Gasteiger partial charge on any atom is 0.215 e. The van der Waals surface area contributed by atoms with Crippen molar-refractivity contribution in [1.29, 1.82) is 0 Å². The van der Waals surface area contributed by atoms with E-state index < -0.39 is 0 Å². The fourth-order valence-corrected chi connectivity index (χ4v) is 0.999. The van der Waals surface area contributed by atoms with Crippen molar-refractivity contribution in [2.75, 3.05) is 31.3 Å². The predicted octanol–water partition coefficient (Wildman–Crippen LogP) is 1.05. The summed E-state index contributed by atoms with van der Waals surface area (Å²) in [6, 6.07) is 3.36. The molecule has 0 saturated heterocycles. The van der Waals surface area contributed by atoms with Gasteiger partial charge in [-0.25, -0.2) is 0 Å². The lowest BCUT2D eigenvalue weighted by Crippen LogP contribution is -2.08. The van der Waals surface area contributed by atoms with Crippen molar-refractivity contribution in [3.05, 3.63) is 12.1 Å². The van der Waals surface area contributed by atoms with Crippen molar-refractivity contribution in [2.24, 2.45) is 0 Å². The lowest BCUT2D eigenvalue weighted by atomic mass is 10.4. The van der Waals surface area contributed by atoms with E-state index >= 15 is 0 Å². The molecule has 1 aromatic heterocycles. The van der Waals surface area contributed by atoms with Crippen LogP contribution < -0.4 is 16.2 Å². The highest BCUT2D eigenvalue weighted by molar-refractivity contribution is 5.58. The molecule has 0 radical (unpaired) electrons. The summed E-state index contributed by atoms with van der Waals surface area (Å²) in [7, 11) is 0. The molecule has 0 aliphatic carbocycles. The molecule has 0 fully saturated rings. The van der Waals surface area contributed by atoms with E-state index in [1.54, 1.807) is 12.1 Å². The minimum absolute atomic E-state index is 0.293. The standard InChI is InChI=1S/C10H17N3O2/c1-2-5-14-6-7-15-9-4-3-8(11)10(12)13-9/h3-4H,2,5-7,11H2,1H3,(H2,12,13). The van der Waals surface area contributed by atoms with Crippen molar-refractivity contribution in [1.82, 2.24) is 4.98 Å². The van der Waals surface area contributed by atoms with Crippen LogP contribution in [0.1, 0.15) is 13.3 Å². The molecule has 0 atom stereocenters. The van der Waals surface area contributed by atoms with Crippen LogP contribution in [0.2, 0.25) is 0 Å². The van der Waals surface area contributed by atoms with Crippen LogP contribution in [0.25, 0.3) is 0 Å². The summed E-state index contributed by atoms with van der Waals surface area (Å²) < 4.78 is 10.6. The first kappa shape index (κ1) is 11.6. The van der Waals surface area contributed by atoms with Gasteiger partial charge < -0.3 is 20.9 Å². The number of anilines is 2. The van der Waals surface area contributed by atoms with Gasteiger partial charge in [0.15, 0.2) is 5.82 Å². The average molecular weight is 211 g/mol. The molecule has 0 bridgehead atoms. The van der Waals surface area contributed by atoms with E-state index in [0.717, 1.165) is 13.0 Å². The SMILES string of the molecule is CCCOCCOc1ccc(N)c(N)n1. The Labute approximate surface area is 89.4 Å². The summed E-state index contributed by atoms with van der Waals surface area (Å²) >= 11 is 0. The average Bonchev–Trinajstić information content (AvgIpc) is 2.23. The molecular formula is C10H17N3O2. The molecule has 15 heavy (non-hydrogen) atoms. The summed E-state index contributed by atoms with van der Waals surface area (Å²) in [5, 5.41) is 0. The molecule has 0 saturated carbocycles. The molecule has 0 aliphatic heterocycles. The molecule has 1 rings (SSSR count). The third-order valence-electron chi connectivity index (χ3n) is 1.76. The first-order chi connectivity index (χ1) is 7.24. The Balaban J connectivity index is 2.28. The van der Waals surface area contributed by atoms with Gasteiger partial charge in [0.1, 0.15) is 6.61 Å². The predicted molar refractivity (Wildman–Crippen MR) is 59.7 cm³/mol. The molecule has 84 valence electrons. The van der Waals surface area contributed by atoms with Gasteiger partial charge in [-0.2, -0.15) is 4.98 Å². The van der Waals surface area contributed by atoms with Gasteiger partial charge in [0.05, 0.1) is 12.3 Å². The van der Waals surface area contributed by atoms with Crippen LogP contribution in [-0.2, 0) is 4.74 Å². The molecule has 0 unspecified atom stereocenters. The molecule has 0 amide bonds. The van der Waals surface area contributed by atoms with E-state index in [-0.39, 0.29) is 0 Å². The lowest BCUT2D eigenvalue weighted by molar-refractivity contribution is 0.0991. The van der Waals surface area contributed by atoms with Crippen LogP contribution in [-0.4, -0.2) is 24.8 Å². The highest BCUT2D eigenvalue weighted by Gasteiger charge is 1.99. The lowest BCUT2D eigenvalue weighted by Gasteiger charge is -2.07. The van der Waals surface area contributed by atoms with Gasteiger partial charge in [-0.1, -0.05) is 6.92 Å². The molecule has 5 nitrogen and oxygen atoms in total. The van der Waals surface area contributed by atoms with Crippen LogP contribution in [0.4, 0.5) is 11.5 Å². The van der Waals surface area contributed by atoms with E-state index in [9.17, 15) is 0 Å². The van der Waals surface area contributed by atoms with Gasteiger partial charge in [-0.3, -0.25) is 0 Å². The monoisotopic (exact) mass is 211 g/mol. The number of pyridine rings is 1.